The highest BCUT2D eigenvalue weighted by molar-refractivity contribution is 5.90. The highest BCUT2D eigenvalue weighted by atomic mass is 19.1. The van der Waals surface area contributed by atoms with Crippen molar-refractivity contribution in [1.29, 1.82) is 0 Å². The fourth-order valence-electron chi connectivity index (χ4n) is 3.30. The van der Waals surface area contributed by atoms with Crippen molar-refractivity contribution in [3.8, 4) is 0 Å². The molecule has 2 aliphatic rings. The van der Waals surface area contributed by atoms with Gasteiger partial charge in [0.1, 0.15) is 12.4 Å². The second-order valence-corrected chi connectivity index (χ2v) is 6.50. The summed E-state index contributed by atoms with van der Waals surface area (Å²) >= 11 is 0. The number of amides is 2. The van der Waals surface area contributed by atoms with Crippen LogP contribution < -0.4 is 15.1 Å². The first kappa shape index (κ1) is 18.1. The molecule has 0 bridgehead atoms. The second kappa shape index (κ2) is 7.67. The number of hydrogen-bond donors (Lipinski definition) is 1. The zero-order valence-corrected chi connectivity index (χ0v) is 14.5. The summed E-state index contributed by atoms with van der Waals surface area (Å²) in [6, 6.07) is 4.00. The highest BCUT2D eigenvalue weighted by Crippen LogP contribution is 2.30. The molecule has 8 nitrogen and oxygen atoms in total. The molecule has 26 heavy (non-hydrogen) atoms. The number of piperidine rings is 1. The Balaban J connectivity index is 1.74. The van der Waals surface area contributed by atoms with Gasteiger partial charge in [0.05, 0.1) is 23.5 Å². The van der Waals surface area contributed by atoms with Gasteiger partial charge in [0.25, 0.3) is 0 Å². The first-order chi connectivity index (χ1) is 12.5. The second-order valence-electron chi connectivity index (χ2n) is 6.50. The van der Waals surface area contributed by atoms with Gasteiger partial charge in [-0.25, -0.2) is 9.18 Å². The highest BCUT2D eigenvalue weighted by Gasteiger charge is 2.35. The Morgan fingerprint density at radius 3 is 2.73 bits per heavy atom. The fraction of sp³-hybridized carbons (Fsp3) is 0.529. The van der Waals surface area contributed by atoms with Crippen LogP contribution in [0.4, 0.5) is 20.6 Å². The van der Waals surface area contributed by atoms with E-state index in [9.17, 15) is 18.9 Å². The van der Waals surface area contributed by atoms with Crippen molar-refractivity contribution in [2.24, 2.45) is 5.18 Å². The summed E-state index contributed by atoms with van der Waals surface area (Å²) in [5, 5.41) is 5.70. The lowest BCUT2D eigenvalue weighted by atomic mass is 10.0. The van der Waals surface area contributed by atoms with Gasteiger partial charge in [-0.2, -0.15) is 4.91 Å². The van der Waals surface area contributed by atoms with E-state index in [0.29, 0.717) is 37.3 Å². The van der Waals surface area contributed by atoms with Crippen molar-refractivity contribution in [2.45, 2.75) is 31.8 Å². The van der Waals surface area contributed by atoms with Gasteiger partial charge in [-0.15, -0.1) is 0 Å². The lowest BCUT2D eigenvalue weighted by Gasteiger charge is -2.31. The van der Waals surface area contributed by atoms with Crippen molar-refractivity contribution in [2.75, 3.05) is 36.0 Å². The number of hydrogen-bond acceptors (Lipinski definition) is 6. The number of benzene rings is 1. The van der Waals surface area contributed by atoms with E-state index in [0.717, 1.165) is 0 Å². The first-order valence-electron chi connectivity index (χ1n) is 8.57. The summed E-state index contributed by atoms with van der Waals surface area (Å²) in [4.78, 5) is 36.9. The molecule has 0 aliphatic carbocycles. The molecule has 9 heteroatoms. The number of ether oxygens (including phenoxy) is 1. The van der Waals surface area contributed by atoms with Crippen LogP contribution in [0, 0.1) is 10.7 Å². The lowest BCUT2D eigenvalue weighted by Crippen LogP contribution is -2.42. The van der Waals surface area contributed by atoms with E-state index in [1.807, 2.05) is 4.90 Å². The van der Waals surface area contributed by atoms with Gasteiger partial charge in [0.2, 0.25) is 5.91 Å². The molecule has 3 rings (SSSR count). The third-order valence-electron chi connectivity index (χ3n) is 4.71. The van der Waals surface area contributed by atoms with Crippen molar-refractivity contribution in [1.82, 2.24) is 5.32 Å². The van der Waals surface area contributed by atoms with Gasteiger partial charge in [-0.05, 0) is 31.0 Å². The molecule has 1 atom stereocenters. The molecule has 2 amide bonds. The smallest absolute Gasteiger partial charge is 0.414 e. The van der Waals surface area contributed by atoms with E-state index >= 15 is 0 Å². The zero-order valence-electron chi connectivity index (χ0n) is 14.5. The standard InChI is InChI=1S/C17H21FN4O4/c1-11(23)19-9-14-10-26-17(24)22(14)13-2-3-16(15(18)8-13)21-6-4-12(20-25)5-7-21/h2-3,8,12,14H,4-7,9-10H2,1H3,(H,19,23)/t14-/m0/s1. The van der Waals surface area contributed by atoms with Gasteiger partial charge in [-0.1, -0.05) is 5.18 Å². The van der Waals surface area contributed by atoms with Gasteiger partial charge >= 0.3 is 6.09 Å². The molecule has 1 aromatic rings. The predicted molar refractivity (Wildman–Crippen MR) is 93.7 cm³/mol. The minimum Gasteiger partial charge on any atom is -0.447 e. The monoisotopic (exact) mass is 364 g/mol. The molecular weight excluding hydrogens is 343 g/mol. The number of rotatable bonds is 5. The van der Waals surface area contributed by atoms with Crippen LogP contribution in [0.3, 0.4) is 0 Å². The Labute approximate surface area is 150 Å². The Bertz CT molecular complexity index is 706. The Morgan fingerprint density at radius 2 is 2.12 bits per heavy atom. The Morgan fingerprint density at radius 1 is 1.38 bits per heavy atom. The summed E-state index contributed by atoms with van der Waals surface area (Å²) < 4.78 is 19.7. The number of carbonyl (C=O) groups excluding carboxylic acids is 2. The average Bonchev–Trinajstić information content (AvgIpc) is 3.00. The molecule has 140 valence electrons. The number of carbonyl (C=O) groups is 2. The Kier molecular flexibility index (Phi) is 5.34. The maximum Gasteiger partial charge on any atom is 0.414 e. The van der Waals surface area contributed by atoms with E-state index in [1.165, 1.54) is 17.9 Å². The number of nitroso groups, excluding NO2 is 1. The van der Waals surface area contributed by atoms with Gasteiger partial charge in [0, 0.05) is 26.6 Å². The van der Waals surface area contributed by atoms with Crippen LogP contribution in [-0.4, -0.2) is 50.3 Å². The number of nitrogens with zero attached hydrogens (tertiary/aromatic N) is 3. The molecule has 0 spiro atoms. The molecular formula is C17H21FN4O4. The zero-order chi connectivity index (χ0) is 18.7. The molecule has 0 unspecified atom stereocenters. The first-order valence-corrected chi connectivity index (χ1v) is 8.57. The SMILES string of the molecule is CC(=O)NC[C@H]1COC(=O)N1c1ccc(N2CCC(N=O)CC2)c(F)c1. The summed E-state index contributed by atoms with van der Waals surface area (Å²) in [7, 11) is 0. The van der Waals surface area contributed by atoms with Crippen LogP contribution in [0.15, 0.2) is 23.4 Å². The molecule has 1 aromatic carbocycles. The normalized spacial score (nSPS) is 20.8. The van der Waals surface area contributed by atoms with E-state index in [1.54, 1.807) is 12.1 Å². The van der Waals surface area contributed by atoms with Crippen LogP contribution in [-0.2, 0) is 9.53 Å². The molecule has 2 heterocycles. The summed E-state index contributed by atoms with van der Waals surface area (Å²) in [6.45, 7) is 2.87. The van der Waals surface area contributed by atoms with Crippen molar-refractivity contribution < 1.29 is 18.7 Å². The number of halogens is 1. The average molecular weight is 364 g/mol. The van der Waals surface area contributed by atoms with E-state index in [-0.39, 0.29) is 31.1 Å². The number of anilines is 2. The number of cyclic esters (lactones) is 1. The van der Waals surface area contributed by atoms with Crippen molar-refractivity contribution >= 4 is 23.4 Å². The Hall–Kier alpha value is -2.71. The van der Waals surface area contributed by atoms with Gasteiger partial charge in [0.15, 0.2) is 0 Å². The van der Waals surface area contributed by atoms with Gasteiger partial charge in [-0.3, -0.25) is 9.69 Å². The topological polar surface area (TPSA) is 91.3 Å². The summed E-state index contributed by atoms with van der Waals surface area (Å²) in [5.74, 6) is -0.656. The molecule has 2 fully saturated rings. The van der Waals surface area contributed by atoms with Crippen LogP contribution in [0.25, 0.3) is 0 Å². The number of nitrogens with one attached hydrogen (secondary N) is 1. The van der Waals surface area contributed by atoms with Crippen molar-refractivity contribution in [3.63, 3.8) is 0 Å². The largest absolute Gasteiger partial charge is 0.447 e. The van der Waals surface area contributed by atoms with Crippen LogP contribution >= 0.6 is 0 Å². The van der Waals surface area contributed by atoms with E-state index in [4.69, 9.17) is 4.74 Å². The predicted octanol–water partition coefficient (Wildman–Crippen LogP) is 2.02. The third kappa shape index (κ3) is 3.76. The maximum atomic E-state index is 14.7. The van der Waals surface area contributed by atoms with E-state index in [2.05, 4.69) is 10.5 Å². The molecule has 2 saturated heterocycles. The molecule has 0 radical (unpaired) electrons. The quantitative estimate of drug-likeness (QED) is 0.807. The van der Waals surface area contributed by atoms with Crippen molar-refractivity contribution in [3.05, 3.63) is 28.9 Å². The molecule has 0 aromatic heterocycles. The van der Waals surface area contributed by atoms with Crippen LogP contribution in [0.1, 0.15) is 19.8 Å². The van der Waals surface area contributed by atoms with Crippen LogP contribution in [0.2, 0.25) is 0 Å². The minimum absolute atomic E-state index is 0.134. The van der Waals surface area contributed by atoms with E-state index < -0.39 is 11.9 Å². The van der Waals surface area contributed by atoms with Gasteiger partial charge < -0.3 is 15.0 Å². The fourth-order valence-corrected chi connectivity index (χ4v) is 3.30. The maximum absolute atomic E-state index is 14.7. The third-order valence-corrected chi connectivity index (χ3v) is 4.71. The molecule has 0 saturated carbocycles. The lowest BCUT2D eigenvalue weighted by molar-refractivity contribution is -0.119. The summed E-state index contributed by atoms with van der Waals surface area (Å²) in [5.41, 5.74) is 0.817. The minimum atomic E-state index is -0.564. The molecule has 2 aliphatic heterocycles. The molecule has 1 N–H and O–H groups in total. The summed E-state index contributed by atoms with van der Waals surface area (Å²) in [6.07, 6.45) is 0.634. The van der Waals surface area contributed by atoms with Crippen LogP contribution in [0.5, 0.6) is 0 Å².